The van der Waals surface area contributed by atoms with Crippen molar-refractivity contribution in [2.45, 2.75) is 84.0 Å². The predicted octanol–water partition coefficient (Wildman–Crippen LogP) is 6.42. The molecule has 24 heavy (non-hydrogen) atoms. The topological polar surface area (TPSA) is 40.9 Å². The number of carbonyl (C=O) groups is 1. The number of nitrogens with zero attached hydrogens (tertiary/aromatic N) is 1. The normalized spacial score (nSPS) is 23.6. The molecule has 0 bridgehead atoms. The lowest BCUT2D eigenvalue weighted by Crippen LogP contribution is -2.25. The third-order valence-electron chi connectivity index (χ3n) is 5.73. The summed E-state index contributed by atoms with van der Waals surface area (Å²) in [6, 6.07) is 10.7. The van der Waals surface area contributed by atoms with Crippen molar-refractivity contribution in [3.63, 3.8) is 0 Å². The quantitative estimate of drug-likeness (QED) is 0.409. The van der Waals surface area contributed by atoms with Crippen molar-refractivity contribution in [3.05, 3.63) is 35.4 Å². The van der Waals surface area contributed by atoms with Gasteiger partial charge in [0.05, 0.1) is 11.5 Å². The molecule has 2 rings (SSSR count). The van der Waals surface area contributed by atoms with Gasteiger partial charge in [0.15, 0.2) is 5.78 Å². The van der Waals surface area contributed by atoms with E-state index in [4.69, 9.17) is 0 Å². The number of carbonyl (C=O) groups excluding carboxylic acids is 1. The van der Waals surface area contributed by atoms with E-state index >= 15 is 0 Å². The molecule has 1 aromatic rings. The Morgan fingerprint density at radius 1 is 1.12 bits per heavy atom. The molecule has 1 aromatic carbocycles. The molecule has 1 saturated carbocycles. The molecule has 0 atom stereocenters. The largest absolute Gasteiger partial charge is 0.295 e. The molecule has 0 N–H and O–H groups in total. The molecule has 130 valence electrons. The van der Waals surface area contributed by atoms with Crippen molar-refractivity contribution in [1.29, 1.82) is 5.26 Å². The Labute approximate surface area is 147 Å². The highest BCUT2D eigenvalue weighted by atomic mass is 16.1. The Bertz CT molecular complexity index is 559. The molecule has 1 fully saturated rings. The lowest BCUT2D eigenvalue weighted by atomic mass is 9.67. The Balaban J connectivity index is 1.86. The van der Waals surface area contributed by atoms with Gasteiger partial charge >= 0.3 is 0 Å². The minimum absolute atomic E-state index is 0.0813. The summed E-state index contributed by atoms with van der Waals surface area (Å²) in [6.07, 6.45) is 11.7. The molecule has 0 unspecified atom stereocenters. The summed E-state index contributed by atoms with van der Waals surface area (Å²) in [5.74, 6) is 0.671. The highest BCUT2D eigenvalue weighted by Crippen LogP contribution is 2.45. The summed E-state index contributed by atoms with van der Waals surface area (Å²) >= 11 is 0. The maximum atomic E-state index is 11.4. The average molecular weight is 325 g/mol. The number of nitriles is 1. The third-order valence-corrected chi connectivity index (χ3v) is 5.73. The molecule has 0 aromatic heterocycles. The number of rotatable bonds is 8. The van der Waals surface area contributed by atoms with Crippen molar-refractivity contribution >= 4 is 5.78 Å². The van der Waals surface area contributed by atoms with E-state index in [0.717, 1.165) is 37.7 Å². The van der Waals surface area contributed by atoms with Gasteiger partial charge in [-0.15, -0.1) is 0 Å². The Hall–Kier alpha value is -1.62. The molecule has 0 radical (unpaired) electrons. The van der Waals surface area contributed by atoms with E-state index < -0.39 is 0 Å². The monoisotopic (exact) mass is 325 g/mol. The minimum Gasteiger partial charge on any atom is -0.295 e. The highest BCUT2D eigenvalue weighted by molar-refractivity contribution is 5.94. The average Bonchev–Trinajstić information content (AvgIpc) is 2.62. The number of benzene rings is 1. The maximum Gasteiger partial charge on any atom is 0.159 e. The van der Waals surface area contributed by atoms with Crippen LogP contribution in [-0.4, -0.2) is 5.78 Å². The summed E-state index contributed by atoms with van der Waals surface area (Å²) in [5, 5.41) is 9.71. The summed E-state index contributed by atoms with van der Waals surface area (Å²) in [7, 11) is 0. The molecule has 0 amide bonds. The van der Waals surface area contributed by atoms with Gasteiger partial charge in [-0.1, -0.05) is 63.3 Å². The standard InChI is InChI=1S/C22H31NO/c1-3-4-5-6-7-14-22(17-23)15-12-21(13-16-22)20-10-8-19(9-11-20)18(2)24/h8-11,21H,3-7,12-16H2,1-2H3. The highest BCUT2D eigenvalue weighted by Gasteiger charge is 2.35. The van der Waals surface area contributed by atoms with Gasteiger partial charge in [-0.2, -0.15) is 5.26 Å². The molecular formula is C22H31NO. The van der Waals surface area contributed by atoms with Crippen molar-refractivity contribution in [2.75, 3.05) is 0 Å². The van der Waals surface area contributed by atoms with Crippen LogP contribution in [0.4, 0.5) is 0 Å². The number of hydrogen-bond donors (Lipinski definition) is 0. The molecule has 1 aliphatic carbocycles. The molecule has 0 saturated heterocycles. The number of ketones is 1. The molecule has 0 aliphatic heterocycles. The fraction of sp³-hybridized carbons (Fsp3) is 0.636. The SMILES string of the molecule is CCCCCCCC1(C#N)CCC(c2ccc(C(C)=O)cc2)CC1. The Morgan fingerprint density at radius 2 is 1.75 bits per heavy atom. The van der Waals surface area contributed by atoms with Gasteiger partial charge in [-0.3, -0.25) is 4.79 Å². The van der Waals surface area contributed by atoms with Crippen LogP contribution in [0, 0.1) is 16.7 Å². The maximum absolute atomic E-state index is 11.4. The van der Waals surface area contributed by atoms with Crippen LogP contribution in [0.25, 0.3) is 0 Å². The number of unbranched alkanes of at least 4 members (excludes halogenated alkanes) is 4. The zero-order valence-corrected chi connectivity index (χ0v) is 15.3. The first-order chi connectivity index (χ1) is 11.6. The number of hydrogen-bond acceptors (Lipinski definition) is 2. The smallest absolute Gasteiger partial charge is 0.159 e. The van der Waals surface area contributed by atoms with Gasteiger partial charge in [0.2, 0.25) is 0 Å². The second-order valence-electron chi connectivity index (χ2n) is 7.51. The zero-order valence-electron chi connectivity index (χ0n) is 15.3. The molecule has 0 heterocycles. The van der Waals surface area contributed by atoms with Crippen LogP contribution in [0.5, 0.6) is 0 Å². The predicted molar refractivity (Wildman–Crippen MR) is 99.1 cm³/mol. The van der Waals surface area contributed by atoms with Crippen molar-refractivity contribution in [1.82, 2.24) is 0 Å². The molecule has 2 heteroatoms. The van der Waals surface area contributed by atoms with Gasteiger partial charge in [0.1, 0.15) is 0 Å². The van der Waals surface area contributed by atoms with E-state index in [0.29, 0.717) is 5.92 Å². The van der Waals surface area contributed by atoms with Gasteiger partial charge in [-0.25, -0.2) is 0 Å². The summed E-state index contributed by atoms with van der Waals surface area (Å²) in [4.78, 5) is 11.4. The van der Waals surface area contributed by atoms with Gasteiger partial charge < -0.3 is 0 Å². The van der Waals surface area contributed by atoms with Crippen LogP contribution in [0.1, 0.15) is 99.9 Å². The van der Waals surface area contributed by atoms with Gasteiger partial charge in [0.25, 0.3) is 0 Å². The second kappa shape index (κ2) is 9.02. The van der Waals surface area contributed by atoms with Crippen LogP contribution in [0.3, 0.4) is 0 Å². The van der Waals surface area contributed by atoms with Crippen molar-refractivity contribution in [2.24, 2.45) is 5.41 Å². The molecular weight excluding hydrogens is 294 g/mol. The van der Waals surface area contributed by atoms with E-state index in [1.807, 2.05) is 12.1 Å². The Kier molecular flexibility index (Phi) is 7.03. The fourth-order valence-corrected chi connectivity index (χ4v) is 3.98. The minimum atomic E-state index is -0.0813. The van der Waals surface area contributed by atoms with Crippen molar-refractivity contribution in [3.8, 4) is 6.07 Å². The van der Waals surface area contributed by atoms with Crippen molar-refractivity contribution < 1.29 is 4.79 Å². The molecule has 0 spiro atoms. The molecule has 2 nitrogen and oxygen atoms in total. The lowest BCUT2D eigenvalue weighted by molar-refractivity contribution is 0.101. The zero-order chi connectivity index (χ0) is 17.4. The first kappa shape index (κ1) is 18.7. The van der Waals surface area contributed by atoms with Crippen LogP contribution in [0.15, 0.2) is 24.3 Å². The van der Waals surface area contributed by atoms with Crippen LogP contribution < -0.4 is 0 Å². The van der Waals surface area contributed by atoms with E-state index in [1.165, 1.54) is 37.7 Å². The van der Waals surface area contributed by atoms with Gasteiger partial charge in [0, 0.05) is 5.56 Å². The van der Waals surface area contributed by atoms with E-state index in [-0.39, 0.29) is 11.2 Å². The Morgan fingerprint density at radius 3 is 2.29 bits per heavy atom. The first-order valence-corrected chi connectivity index (χ1v) is 9.62. The summed E-state index contributed by atoms with van der Waals surface area (Å²) in [6.45, 7) is 3.85. The summed E-state index contributed by atoms with van der Waals surface area (Å²) < 4.78 is 0. The first-order valence-electron chi connectivity index (χ1n) is 9.62. The second-order valence-corrected chi connectivity index (χ2v) is 7.51. The van der Waals surface area contributed by atoms with E-state index in [1.54, 1.807) is 6.92 Å². The third kappa shape index (κ3) is 4.94. The number of Topliss-reactive ketones (excluding diaryl/α,β-unsaturated/α-hetero) is 1. The molecule has 1 aliphatic rings. The van der Waals surface area contributed by atoms with E-state index in [9.17, 15) is 10.1 Å². The van der Waals surface area contributed by atoms with Crippen LogP contribution >= 0.6 is 0 Å². The van der Waals surface area contributed by atoms with Crippen LogP contribution in [-0.2, 0) is 0 Å². The van der Waals surface area contributed by atoms with Crippen LogP contribution in [0.2, 0.25) is 0 Å². The van der Waals surface area contributed by atoms with Gasteiger partial charge in [-0.05, 0) is 50.5 Å². The fourth-order valence-electron chi connectivity index (χ4n) is 3.98. The van der Waals surface area contributed by atoms with E-state index in [2.05, 4.69) is 25.1 Å². The summed E-state index contributed by atoms with van der Waals surface area (Å²) in [5.41, 5.74) is 2.03. The lowest BCUT2D eigenvalue weighted by Gasteiger charge is -2.35.